The Balaban J connectivity index is 2.20. The highest BCUT2D eigenvalue weighted by Crippen LogP contribution is 2.37. The monoisotopic (exact) mass is 317 g/mol. The Morgan fingerprint density at radius 3 is 2.68 bits per heavy atom. The second-order valence-electron chi connectivity index (χ2n) is 4.96. The van der Waals surface area contributed by atoms with Crippen LogP contribution in [0.3, 0.4) is 0 Å². The number of aliphatic hydroxyl groups is 1. The molecule has 0 aliphatic rings. The highest BCUT2D eigenvalue weighted by atomic mass is 35.5. The SMILES string of the molecule is Cc1cccc(-c2onc(-c3c(F)cccc3Cl)c2CO)c1. The molecule has 2 aromatic carbocycles. The van der Waals surface area contributed by atoms with Gasteiger partial charge in [-0.2, -0.15) is 0 Å². The Morgan fingerprint density at radius 1 is 1.23 bits per heavy atom. The summed E-state index contributed by atoms with van der Waals surface area (Å²) in [7, 11) is 0. The predicted molar refractivity (Wildman–Crippen MR) is 83.0 cm³/mol. The Labute approximate surface area is 132 Å². The number of hydrogen-bond donors (Lipinski definition) is 1. The van der Waals surface area contributed by atoms with E-state index in [9.17, 15) is 9.50 Å². The summed E-state index contributed by atoms with van der Waals surface area (Å²) in [5, 5.41) is 13.8. The summed E-state index contributed by atoms with van der Waals surface area (Å²) in [5.74, 6) is -0.0909. The van der Waals surface area contributed by atoms with Crippen molar-refractivity contribution in [2.45, 2.75) is 13.5 Å². The Morgan fingerprint density at radius 2 is 2.00 bits per heavy atom. The first-order valence-corrected chi connectivity index (χ1v) is 7.10. The molecule has 3 nitrogen and oxygen atoms in total. The van der Waals surface area contributed by atoms with Gasteiger partial charge in [0, 0.05) is 5.56 Å². The van der Waals surface area contributed by atoms with E-state index in [1.165, 1.54) is 12.1 Å². The lowest BCUT2D eigenvalue weighted by Gasteiger charge is -2.05. The van der Waals surface area contributed by atoms with Crippen LogP contribution in [0, 0.1) is 12.7 Å². The number of aromatic nitrogens is 1. The van der Waals surface area contributed by atoms with Crippen molar-refractivity contribution in [2.24, 2.45) is 0 Å². The van der Waals surface area contributed by atoms with Crippen LogP contribution in [0.15, 0.2) is 47.0 Å². The fourth-order valence-corrected chi connectivity index (χ4v) is 2.64. The van der Waals surface area contributed by atoms with Gasteiger partial charge in [0.05, 0.1) is 22.8 Å². The number of hydrogen-bond acceptors (Lipinski definition) is 3. The molecule has 3 aromatic rings. The standard InChI is InChI=1S/C17H13ClFNO2/c1-10-4-2-5-11(8-10)17-12(9-21)16(20-22-17)15-13(18)6-3-7-14(15)19/h2-8,21H,9H2,1H3. The normalized spacial score (nSPS) is 10.9. The average Bonchev–Trinajstić information content (AvgIpc) is 2.90. The summed E-state index contributed by atoms with van der Waals surface area (Å²) in [4.78, 5) is 0. The number of nitrogens with zero attached hydrogens (tertiary/aromatic N) is 1. The zero-order chi connectivity index (χ0) is 15.7. The first-order valence-electron chi connectivity index (χ1n) is 6.72. The lowest BCUT2D eigenvalue weighted by Crippen LogP contribution is -1.92. The van der Waals surface area contributed by atoms with E-state index in [0.29, 0.717) is 11.3 Å². The topological polar surface area (TPSA) is 46.3 Å². The molecule has 1 N–H and O–H groups in total. The maximum absolute atomic E-state index is 14.1. The number of rotatable bonds is 3. The summed E-state index contributed by atoms with van der Waals surface area (Å²) in [6, 6.07) is 12.0. The molecule has 0 fully saturated rings. The Hall–Kier alpha value is -2.17. The van der Waals surface area contributed by atoms with Crippen molar-refractivity contribution in [2.75, 3.05) is 0 Å². The molecule has 0 aliphatic heterocycles. The van der Waals surface area contributed by atoms with Gasteiger partial charge in [-0.05, 0) is 25.1 Å². The minimum atomic E-state index is -0.508. The van der Waals surface area contributed by atoms with Gasteiger partial charge in [0.15, 0.2) is 5.76 Å². The van der Waals surface area contributed by atoms with Crippen LogP contribution in [0.1, 0.15) is 11.1 Å². The van der Waals surface area contributed by atoms with E-state index < -0.39 is 5.82 Å². The van der Waals surface area contributed by atoms with Crippen molar-refractivity contribution in [1.29, 1.82) is 0 Å². The van der Waals surface area contributed by atoms with Crippen molar-refractivity contribution in [3.63, 3.8) is 0 Å². The molecule has 22 heavy (non-hydrogen) atoms. The van der Waals surface area contributed by atoms with Crippen LogP contribution in [-0.2, 0) is 6.61 Å². The van der Waals surface area contributed by atoms with Crippen molar-refractivity contribution < 1.29 is 14.0 Å². The highest BCUT2D eigenvalue weighted by Gasteiger charge is 2.22. The van der Waals surface area contributed by atoms with Crippen molar-refractivity contribution >= 4 is 11.6 Å². The van der Waals surface area contributed by atoms with E-state index in [4.69, 9.17) is 16.1 Å². The number of aliphatic hydroxyl groups excluding tert-OH is 1. The van der Waals surface area contributed by atoms with Gasteiger partial charge in [-0.3, -0.25) is 0 Å². The molecule has 0 bridgehead atoms. The zero-order valence-corrected chi connectivity index (χ0v) is 12.6. The maximum atomic E-state index is 14.1. The average molecular weight is 318 g/mol. The van der Waals surface area contributed by atoms with Gasteiger partial charge in [0.1, 0.15) is 11.5 Å². The Bertz CT molecular complexity index is 809. The van der Waals surface area contributed by atoms with Gasteiger partial charge < -0.3 is 9.63 Å². The molecule has 3 rings (SSSR count). The predicted octanol–water partition coefficient (Wildman–Crippen LogP) is 4.60. The lowest BCUT2D eigenvalue weighted by atomic mass is 10.0. The lowest BCUT2D eigenvalue weighted by molar-refractivity contribution is 0.281. The van der Waals surface area contributed by atoms with Gasteiger partial charge in [0.25, 0.3) is 0 Å². The van der Waals surface area contributed by atoms with Crippen molar-refractivity contribution in [3.8, 4) is 22.6 Å². The van der Waals surface area contributed by atoms with Crippen LogP contribution >= 0.6 is 11.6 Å². The van der Waals surface area contributed by atoms with Crippen molar-refractivity contribution in [3.05, 3.63) is 64.4 Å². The largest absolute Gasteiger partial charge is 0.391 e. The van der Waals surface area contributed by atoms with Gasteiger partial charge >= 0.3 is 0 Å². The summed E-state index contributed by atoms with van der Waals surface area (Å²) < 4.78 is 19.4. The third kappa shape index (κ3) is 2.51. The van der Waals surface area contributed by atoms with Crippen molar-refractivity contribution in [1.82, 2.24) is 5.16 Å². The third-order valence-electron chi connectivity index (χ3n) is 3.43. The van der Waals surface area contributed by atoms with E-state index in [1.807, 2.05) is 31.2 Å². The molecule has 0 unspecified atom stereocenters. The highest BCUT2D eigenvalue weighted by molar-refractivity contribution is 6.33. The molecule has 0 atom stereocenters. The van der Waals surface area contributed by atoms with Gasteiger partial charge in [-0.1, -0.05) is 46.6 Å². The number of benzene rings is 2. The first kappa shape index (κ1) is 14.8. The van der Waals surface area contributed by atoms with Crippen LogP contribution in [0.2, 0.25) is 5.02 Å². The van der Waals surface area contributed by atoms with Crippen LogP contribution in [0.25, 0.3) is 22.6 Å². The van der Waals surface area contributed by atoms with Crippen LogP contribution in [-0.4, -0.2) is 10.3 Å². The van der Waals surface area contributed by atoms with E-state index in [0.717, 1.165) is 11.1 Å². The van der Waals surface area contributed by atoms with E-state index in [1.54, 1.807) is 6.07 Å². The quantitative estimate of drug-likeness (QED) is 0.767. The minimum Gasteiger partial charge on any atom is -0.391 e. The van der Waals surface area contributed by atoms with Crippen LogP contribution in [0.5, 0.6) is 0 Å². The molecule has 0 saturated carbocycles. The van der Waals surface area contributed by atoms with E-state index >= 15 is 0 Å². The molecular weight excluding hydrogens is 305 g/mol. The number of halogens is 2. The third-order valence-corrected chi connectivity index (χ3v) is 3.74. The van der Waals surface area contributed by atoms with Gasteiger partial charge in [-0.25, -0.2) is 4.39 Å². The van der Waals surface area contributed by atoms with E-state index in [-0.39, 0.29) is 22.9 Å². The second-order valence-corrected chi connectivity index (χ2v) is 5.37. The smallest absolute Gasteiger partial charge is 0.173 e. The molecule has 0 spiro atoms. The fourth-order valence-electron chi connectivity index (χ4n) is 2.39. The second kappa shape index (κ2) is 5.91. The molecule has 0 saturated heterocycles. The molecule has 0 radical (unpaired) electrons. The molecule has 1 heterocycles. The summed E-state index contributed by atoms with van der Waals surface area (Å²) >= 11 is 6.07. The van der Waals surface area contributed by atoms with Gasteiger partial charge in [0.2, 0.25) is 0 Å². The first-order chi connectivity index (χ1) is 10.6. The Kier molecular flexibility index (Phi) is 3.96. The summed E-state index contributed by atoms with van der Waals surface area (Å²) in [6.07, 6.45) is 0. The minimum absolute atomic E-state index is 0.135. The molecule has 0 aliphatic carbocycles. The fraction of sp³-hybridized carbons (Fsp3) is 0.118. The molecule has 112 valence electrons. The molecule has 5 heteroatoms. The summed E-state index contributed by atoms with van der Waals surface area (Å²) in [6.45, 7) is 1.62. The number of aryl methyl sites for hydroxylation is 1. The van der Waals surface area contributed by atoms with E-state index in [2.05, 4.69) is 5.16 Å². The molecular formula is C17H13ClFNO2. The molecule has 0 amide bonds. The van der Waals surface area contributed by atoms with Crippen LogP contribution in [0.4, 0.5) is 4.39 Å². The zero-order valence-electron chi connectivity index (χ0n) is 11.8. The van der Waals surface area contributed by atoms with Gasteiger partial charge in [-0.15, -0.1) is 0 Å². The molecule has 1 aromatic heterocycles. The maximum Gasteiger partial charge on any atom is 0.173 e. The summed E-state index contributed by atoms with van der Waals surface area (Å²) in [5.41, 5.74) is 2.59. The van der Waals surface area contributed by atoms with Crippen LogP contribution < -0.4 is 0 Å².